The number of halogens is 2. The molecule has 230 valence electrons. The molecule has 2 saturated heterocycles. The number of H-pyrrole nitrogens is 1. The van der Waals surface area contributed by atoms with Crippen molar-refractivity contribution < 1.29 is 14.7 Å². The fourth-order valence-corrected chi connectivity index (χ4v) is 7.37. The first-order valence-corrected chi connectivity index (χ1v) is 16.2. The Labute approximate surface area is 271 Å². The molecule has 4 heterocycles. The number of para-hydroxylation sites is 2. The summed E-state index contributed by atoms with van der Waals surface area (Å²) in [5.74, 6) is 0.796. The van der Waals surface area contributed by atoms with Crippen LogP contribution in [0.4, 0.5) is 10.6 Å². The first-order chi connectivity index (χ1) is 21.3. The molecule has 44 heavy (non-hydrogen) atoms. The molecule has 2 aromatic carbocycles. The molecule has 2 aromatic heterocycles. The van der Waals surface area contributed by atoms with Crippen molar-refractivity contribution in [3.63, 3.8) is 0 Å². The minimum atomic E-state index is -0.804. The third-order valence-corrected chi connectivity index (χ3v) is 9.63. The number of aromatic nitrogens is 3. The summed E-state index contributed by atoms with van der Waals surface area (Å²) in [6, 6.07) is 15.8. The summed E-state index contributed by atoms with van der Waals surface area (Å²) in [4.78, 5) is 53.2. The molecule has 2 aliphatic heterocycles. The standard InChI is InChI=1S/C31H33Br2N7O4/c32-22-17-20(18-23(33)28(22)41)19-25(29(42)38-15-13-37(14-16-38)27-7-3-4-10-34-27)36-30(43)39-11-8-21(9-12-39)40-26-6-2-1-5-24(26)35-31(40)44/h1-7,10,17-18,21,25,41H,8-9,11-16,19H2,(H,35,44)(H,36,43)/t25-/m1/s1. The minimum absolute atomic E-state index is 0.0257. The highest BCUT2D eigenvalue weighted by atomic mass is 79.9. The highest BCUT2D eigenvalue weighted by molar-refractivity contribution is 9.11. The lowest BCUT2D eigenvalue weighted by Crippen LogP contribution is -2.57. The molecule has 0 aliphatic carbocycles. The summed E-state index contributed by atoms with van der Waals surface area (Å²) in [7, 11) is 0. The number of anilines is 1. The highest BCUT2D eigenvalue weighted by Gasteiger charge is 2.32. The fraction of sp³-hybridized carbons (Fsp3) is 0.355. The van der Waals surface area contributed by atoms with Gasteiger partial charge < -0.3 is 30.1 Å². The molecule has 2 fully saturated rings. The minimum Gasteiger partial charge on any atom is -0.506 e. The highest BCUT2D eigenvalue weighted by Crippen LogP contribution is 2.34. The van der Waals surface area contributed by atoms with Crippen molar-refractivity contribution in [2.24, 2.45) is 0 Å². The molecule has 11 nitrogen and oxygen atoms in total. The second-order valence-electron chi connectivity index (χ2n) is 11.2. The number of piperazine rings is 1. The van der Waals surface area contributed by atoms with Crippen molar-refractivity contribution in [1.82, 2.24) is 29.7 Å². The third-order valence-electron chi connectivity index (χ3n) is 8.42. The van der Waals surface area contributed by atoms with Gasteiger partial charge in [0, 0.05) is 57.9 Å². The van der Waals surface area contributed by atoms with E-state index in [1.54, 1.807) is 32.7 Å². The summed E-state index contributed by atoms with van der Waals surface area (Å²) in [6.45, 7) is 3.22. The zero-order chi connectivity index (χ0) is 30.8. The molecule has 0 spiro atoms. The number of nitrogens with zero attached hydrogens (tertiary/aromatic N) is 5. The number of benzene rings is 2. The molecule has 13 heteroatoms. The van der Waals surface area contributed by atoms with Crippen molar-refractivity contribution in [1.29, 1.82) is 0 Å². The van der Waals surface area contributed by atoms with E-state index in [0.717, 1.165) is 22.4 Å². The Morgan fingerprint density at radius 3 is 2.32 bits per heavy atom. The maximum absolute atomic E-state index is 13.9. The second-order valence-corrected chi connectivity index (χ2v) is 12.9. The van der Waals surface area contributed by atoms with Gasteiger partial charge in [-0.1, -0.05) is 18.2 Å². The van der Waals surface area contributed by atoms with Crippen LogP contribution in [0.5, 0.6) is 5.75 Å². The lowest BCUT2D eigenvalue weighted by Gasteiger charge is -2.38. The lowest BCUT2D eigenvalue weighted by atomic mass is 10.0. The molecular formula is C31H33Br2N7O4. The van der Waals surface area contributed by atoms with Crippen LogP contribution in [0.25, 0.3) is 11.0 Å². The normalized spacial score (nSPS) is 16.7. The van der Waals surface area contributed by atoms with Gasteiger partial charge in [0.05, 0.1) is 20.0 Å². The average molecular weight is 727 g/mol. The zero-order valence-electron chi connectivity index (χ0n) is 24.0. The molecule has 0 bridgehead atoms. The Balaban J connectivity index is 1.14. The summed E-state index contributed by atoms with van der Waals surface area (Å²) in [5, 5.41) is 13.2. The van der Waals surface area contributed by atoms with Gasteiger partial charge in [-0.3, -0.25) is 9.36 Å². The Morgan fingerprint density at radius 1 is 0.955 bits per heavy atom. The number of amides is 3. The van der Waals surface area contributed by atoms with Gasteiger partial charge in [-0.15, -0.1) is 0 Å². The number of hydrogen-bond donors (Lipinski definition) is 3. The van der Waals surface area contributed by atoms with Crippen LogP contribution >= 0.6 is 31.9 Å². The van der Waals surface area contributed by atoms with Gasteiger partial charge in [0.25, 0.3) is 0 Å². The van der Waals surface area contributed by atoms with E-state index in [1.807, 2.05) is 42.5 Å². The number of fused-ring (bicyclic) bond motifs is 1. The molecule has 3 N–H and O–H groups in total. The number of rotatable bonds is 6. The van der Waals surface area contributed by atoms with Gasteiger partial charge in [-0.05, 0) is 86.7 Å². The van der Waals surface area contributed by atoms with Gasteiger partial charge in [0.1, 0.15) is 17.6 Å². The summed E-state index contributed by atoms with van der Waals surface area (Å²) >= 11 is 6.75. The number of nitrogens with one attached hydrogen (secondary N) is 2. The molecule has 6 rings (SSSR count). The zero-order valence-corrected chi connectivity index (χ0v) is 27.1. The number of phenols is 1. The van der Waals surface area contributed by atoms with E-state index in [1.165, 1.54) is 0 Å². The number of piperidine rings is 1. The van der Waals surface area contributed by atoms with E-state index in [-0.39, 0.29) is 35.8 Å². The molecule has 3 amide bonds. The largest absolute Gasteiger partial charge is 0.506 e. The molecule has 4 aromatic rings. The first-order valence-electron chi connectivity index (χ1n) is 14.6. The van der Waals surface area contributed by atoms with Gasteiger partial charge in [-0.2, -0.15) is 0 Å². The Bertz CT molecular complexity index is 1690. The number of carbonyl (C=O) groups is 2. The monoisotopic (exact) mass is 725 g/mol. The van der Waals surface area contributed by atoms with Crippen LogP contribution in [0.2, 0.25) is 0 Å². The number of aromatic amines is 1. The Kier molecular flexibility index (Phi) is 8.94. The number of imidazole rings is 1. The maximum Gasteiger partial charge on any atom is 0.326 e. The average Bonchev–Trinajstić information content (AvgIpc) is 3.39. The van der Waals surface area contributed by atoms with Crippen LogP contribution in [0.1, 0.15) is 24.4 Å². The van der Waals surface area contributed by atoms with Crippen LogP contribution in [-0.2, 0) is 11.2 Å². The third kappa shape index (κ3) is 6.34. The van der Waals surface area contributed by atoms with Crippen molar-refractivity contribution in [3.05, 3.63) is 85.8 Å². The number of pyridine rings is 1. The van der Waals surface area contributed by atoms with E-state index < -0.39 is 6.04 Å². The van der Waals surface area contributed by atoms with E-state index in [9.17, 15) is 19.5 Å². The summed E-state index contributed by atoms with van der Waals surface area (Å²) in [5.41, 5.74) is 2.30. The number of aromatic hydroxyl groups is 1. The van der Waals surface area contributed by atoms with Crippen LogP contribution in [-0.4, -0.2) is 86.7 Å². The van der Waals surface area contributed by atoms with Crippen LogP contribution < -0.4 is 15.9 Å². The quantitative estimate of drug-likeness (QED) is 0.273. The van der Waals surface area contributed by atoms with E-state index in [0.29, 0.717) is 61.1 Å². The molecule has 2 aliphatic rings. The number of carbonyl (C=O) groups excluding carboxylic acids is 2. The Morgan fingerprint density at radius 2 is 1.64 bits per heavy atom. The van der Waals surface area contributed by atoms with E-state index in [4.69, 9.17) is 0 Å². The predicted octanol–water partition coefficient (Wildman–Crippen LogP) is 4.26. The summed E-state index contributed by atoms with van der Waals surface area (Å²) < 4.78 is 2.79. The predicted molar refractivity (Wildman–Crippen MR) is 175 cm³/mol. The smallest absolute Gasteiger partial charge is 0.326 e. The van der Waals surface area contributed by atoms with Gasteiger partial charge in [0.2, 0.25) is 5.91 Å². The van der Waals surface area contributed by atoms with Crippen LogP contribution in [0, 0.1) is 0 Å². The molecular weight excluding hydrogens is 694 g/mol. The van der Waals surface area contributed by atoms with Crippen molar-refractivity contribution in [3.8, 4) is 5.75 Å². The molecule has 0 radical (unpaired) electrons. The van der Waals surface area contributed by atoms with Gasteiger partial charge >= 0.3 is 11.7 Å². The maximum atomic E-state index is 13.9. The molecule has 1 atom stereocenters. The topological polar surface area (TPSA) is 127 Å². The van der Waals surface area contributed by atoms with Crippen molar-refractivity contribution >= 4 is 60.6 Å². The van der Waals surface area contributed by atoms with Gasteiger partial charge in [-0.25, -0.2) is 14.6 Å². The fourth-order valence-electron chi connectivity index (χ4n) is 6.09. The van der Waals surface area contributed by atoms with Gasteiger partial charge in [0.15, 0.2) is 0 Å². The van der Waals surface area contributed by atoms with Crippen LogP contribution in [0.3, 0.4) is 0 Å². The Hall–Kier alpha value is -3.84. The second kappa shape index (κ2) is 13.0. The van der Waals surface area contributed by atoms with E-state index >= 15 is 0 Å². The van der Waals surface area contributed by atoms with Crippen LogP contribution in [0.15, 0.2) is 74.5 Å². The SMILES string of the molecule is O=C(N[C@H](Cc1cc(Br)c(O)c(Br)c1)C(=O)N1CCN(c2ccccn2)CC1)N1CCC(n2c(=O)[nH]c3ccccc32)CC1. The van der Waals surface area contributed by atoms with Crippen molar-refractivity contribution in [2.75, 3.05) is 44.2 Å². The summed E-state index contributed by atoms with van der Waals surface area (Å²) in [6.07, 6.45) is 3.26. The lowest BCUT2D eigenvalue weighted by molar-refractivity contribution is -0.133. The number of hydrogen-bond acceptors (Lipinski definition) is 6. The molecule has 0 unspecified atom stereocenters. The van der Waals surface area contributed by atoms with Crippen molar-refractivity contribution in [2.45, 2.75) is 31.3 Å². The number of likely N-dealkylation sites (tertiary alicyclic amines) is 1. The number of urea groups is 1. The molecule has 0 saturated carbocycles. The first kappa shape index (κ1) is 30.2. The number of phenolic OH excluding ortho intramolecular Hbond substituents is 1. The van der Waals surface area contributed by atoms with E-state index in [2.05, 4.69) is 52.0 Å².